The predicted octanol–water partition coefficient (Wildman–Crippen LogP) is 1.55. The van der Waals surface area contributed by atoms with Gasteiger partial charge in [0.2, 0.25) is 5.91 Å². The van der Waals surface area contributed by atoms with E-state index in [0.717, 1.165) is 20.4 Å². The number of carbonyl (C=O) groups excluding carboxylic acids is 1. The summed E-state index contributed by atoms with van der Waals surface area (Å²) in [7, 11) is 2.18. The van der Waals surface area contributed by atoms with Crippen molar-refractivity contribution in [2.75, 3.05) is 31.6 Å². The van der Waals surface area contributed by atoms with Crippen LogP contribution in [0.25, 0.3) is 0 Å². The van der Waals surface area contributed by atoms with Gasteiger partial charge in [-0.1, -0.05) is 34.9 Å². The summed E-state index contributed by atoms with van der Waals surface area (Å²) in [5.41, 5.74) is 5.10. The topological polar surface area (TPSA) is 72.1 Å². The van der Waals surface area contributed by atoms with Crippen LogP contribution >= 0.6 is 34.9 Å². The fourth-order valence-electron chi connectivity index (χ4n) is 2.05. The SMILES string of the molecule is CN1CCC[C@@H](CSc2nnc(SCC(N)=O)s2)C1. The maximum atomic E-state index is 10.7. The number of hydrogen-bond acceptors (Lipinski definition) is 7. The predicted molar refractivity (Wildman–Crippen MR) is 80.8 cm³/mol. The number of rotatable bonds is 6. The average Bonchev–Trinajstić information content (AvgIpc) is 2.82. The molecule has 2 rings (SSSR count). The van der Waals surface area contributed by atoms with Crippen molar-refractivity contribution >= 4 is 40.8 Å². The van der Waals surface area contributed by atoms with Crippen molar-refractivity contribution in [3.63, 3.8) is 0 Å². The minimum atomic E-state index is -0.320. The molecule has 1 aromatic rings. The molecule has 5 nitrogen and oxygen atoms in total. The third-order valence-electron chi connectivity index (χ3n) is 2.89. The molecule has 1 saturated heterocycles. The van der Waals surface area contributed by atoms with E-state index in [0.29, 0.717) is 0 Å². The zero-order chi connectivity index (χ0) is 13.7. The van der Waals surface area contributed by atoms with Crippen molar-refractivity contribution < 1.29 is 4.79 Å². The number of nitrogens with two attached hydrogens (primary N) is 1. The molecule has 8 heteroatoms. The number of thioether (sulfide) groups is 2. The first kappa shape index (κ1) is 15.1. The van der Waals surface area contributed by atoms with Crippen molar-refractivity contribution in [1.29, 1.82) is 0 Å². The largest absolute Gasteiger partial charge is 0.369 e. The number of carbonyl (C=O) groups is 1. The van der Waals surface area contributed by atoms with Gasteiger partial charge in [-0.3, -0.25) is 4.79 Å². The number of likely N-dealkylation sites (tertiary alicyclic amines) is 1. The van der Waals surface area contributed by atoms with Gasteiger partial charge >= 0.3 is 0 Å². The zero-order valence-electron chi connectivity index (χ0n) is 10.9. The van der Waals surface area contributed by atoms with Crippen LogP contribution in [0.5, 0.6) is 0 Å². The standard InChI is InChI=1S/C11H18N4OS3/c1-15-4-2-3-8(5-15)6-17-10-13-14-11(19-10)18-7-9(12)16/h8H,2-7H2,1H3,(H2,12,16)/t8-/m1/s1. The minimum absolute atomic E-state index is 0.271. The molecular weight excluding hydrogens is 300 g/mol. The number of aromatic nitrogens is 2. The van der Waals surface area contributed by atoms with Crippen LogP contribution in [0, 0.1) is 5.92 Å². The van der Waals surface area contributed by atoms with Crippen molar-refractivity contribution in [2.45, 2.75) is 21.5 Å². The molecule has 2 heterocycles. The molecule has 1 amide bonds. The lowest BCUT2D eigenvalue weighted by Crippen LogP contribution is -2.33. The summed E-state index contributed by atoms with van der Waals surface area (Å²) in [6.07, 6.45) is 2.59. The second-order valence-corrected chi connectivity index (χ2v) is 8.14. The second kappa shape index (κ2) is 7.47. The molecule has 0 bridgehead atoms. The molecule has 0 radical (unpaired) electrons. The minimum Gasteiger partial charge on any atom is -0.369 e. The van der Waals surface area contributed by atoms with Crippen LogP contribution in [0.2, 0.25) is 0 Å². The van der Waals surface area contributed by atoms with Gasteiger partial charge in [-0.2, -0.15) is 0 Å². The second-order valence-electron chi connectivity index (χ2n) is 4.67. The van der Waals surface area contributed by atoms with Crippen molar-refractivity contribution in [3.8, 4) is 0 Å². The zero-order valence-corrected chi connectivity index (χ0v) is 13.3. The number of nitrogens with zero attached hydrogens (tertiary/aromatic N) is 3. The van der Waals surface area contributed by atoms with E-state index in [1.807, 2.05) is 0 Å². The maximum absolute atomic E-state index is 10.7. The lowest BCUT2D eigenvalue weighted by atomic mass is 10.0. The smallest absolute Gasteiger partial charge is 0.227 e. The van der Waals surface area contributed by atoms with E-state index >= 15 is 0 Å². The van der Waals surface area contributed by atoms with Gasteiger partial charge in [-0.25, -0.2) is 0 Å². The normalized spacial score (nSPS) is 20.6. The number of hydrogen-bond donors (Lipinski definition) is 1. The third-order valence-corrected chi connectivity index (χ3v) is 6.33. The van der Waals surface area contributed by atoms with E-state index in [9.17, 15) is 4.79 Å². The summed E-state index contributed by atoms with van der Waals surface area (Å²) < 4.78 is 1.81. The maximum Gasteiger partial charge on any atom is 0.227 e. The summed E-state index contributed by atoms with van der Waals surface area (Å²) in [4.78, 5) is 13.1. The van der Waals surface area contributed by atoms with Crippen molar-refractivity contribution in [3.05, 3.63) is 0 Å². The fourth-order valence-corrected chi connectivity index (χ4v) is 4.96. The Morgan fingerprint density at radius 2 is 2.21 bits per heavy atom. The Morgan fingerprint density at radius 1 is 1.47 bits per heavy atom. The Morgan fingerprint density at radius 3 is 2.89 bits per heavy atom. The van der Waals surface area contributed by atoms with Crippen LogP contribution in [0.1, 0.15) is 12.8 Å². The lowest BCUT2D eigenvalue weighted by molar-refractivity contribution is -0.115. The molecular formula is C11H18N4OS3. The first-order chi connectivity index (χ1) is 9.13. The summed E-state index contributed by atoms with van der Waals surface area (Å²) in [5, 5.41) is 8.20. The molecule has 1 aliphatic heterocycles. The highest BCUT2D eigenvalue weighted by Gasteiger charge is 2.18. The van der Waals surface area contributed by atoms with Gasteiger partial charge < -0.3 is 10.6 Å². The quantitative estimate of drug-likeness (QED) is 0.802. The monoisotopic (exact) mass is 318 g/mol. The molecule has 0 aliphatic carbocycles. The number of primary amides is 1. The first-order valence-corrected chi connectivity index (χ1v) is 8.98. The molecule has 0 spiro atoms. The van der Waals surface area contributed by atoms with Gasteiger partial charge in [0, 0.05) is 12.3 Å². The molecule has 1 fully saturated rings. The van der Waals surface area contributed by atoms with Crippen LogP contribution in [0.4, 0.5) is 0 Å². The van der Waals surface area contributed by atoms with E-state index < -0.39 is 0 Å². The Balaban J connectivity index is 1.75. The van der Waals surface area contributed by atoms with Crippen LogP contribution in [-0.2, 0) is 4.79 Å². The first-order valence-electron chi connectivity index (χ1n) is 6.19. The summed E-state index contributed by atoms with van der Waals surface area (Å²) >= 11 is 4.68. The van der Waals surface area contributed by atoms with Crippen LogP contribution in [-0.4, -0.2) is 52.6 Å². The van der Waals surface area contributed by atoms with Crippen LogP contribution < -0.4 is 5.73 Å². The fraction of sp³-hybridized carbons (Fsp3) is 0.727. The Hall–Kier alpha value is -0.310. The van der Waals surface area contributed by atoms with E-state index in [1.165, 1.54) is 37.7 Å². The molecule has 1 atom stereocenters. The van der Waals surface area contributed by atoms with E-state index in [1.54, 1.807) is 23.1 Å². The summed E-state index contributed by atoms with van der Waals surface area (Å²) in [6.45, 7) is 2.39. The molecule has 106 valence electrons. The van der Waals surface area contributed by atoms with Gasteiger partial charge in [0.15, 0.2) is 8.68 Å². The van der Waals surface area contributed by atoms with Crippen molar-refractivity contribution in [2.24, 2.45) is 11.7 Å². The lowest BCUT2D eigenvalue weighted by Gasteiger charge is -2.29. The van der Waals surface area contributed by atoms with Gasteiger partial charge in [-0.15, -0.1) is 10.2 Å². The molecule has 0 aromatic carbocycles. The Labute approximate surface area is 125 Å². The molecule has 2 N–H and O–H groups in total. The molecule has 19 heavy (non-hydrogen) atoms. The van der Waals surface area contributed by atoms with Gasteiger partial charge in [0.25, 0.3) is 0 Å². The number of piperidine rings is 1. The molecule has 1 aliphatic rings. The Kier molecular flexibility index (Phi) is 5.93. The molecule has 0 saturated carbocycles. The average molecular weight is 318 g/mol. The highest BCUT2D eigenvalue weighted by atomic mass is 32.2. The van der Waals surface area contributed by atoms with Crippen molar-refractivity contribution in [1.82, 2.24) is 15.1 Å². The highest BCUT2D eigenvalue weighted by Crippen LogP contribution is 2.31. The molecule has 0 unspecified atom stereocenters. The highest BCUT2D eigenvalue weighted by molar-refractivity contribution is 8.03. The van der Waals surface area contributed by atoms with Gasteiger partial charge in [0.05, 0.1) is 5.75 Å². The Bertz CT molecular complexity index is 426. The summed E-state index contributed by atoms with van der Waals surface area (Å²) in [6, 6.07) is 0. The number of amides is 1. The van der Waals surface area contributed by atoms with E-state index in [2.05, 4.69) is 22.1 Å². The third kappa shape index (κ3) is 5.29. The summed E-state index contributed by atoms with van der Waals surface area (Å²) in [5.74, 6) is 1.79. The van der Waals surface area contributed by atoms with E-state index in [4.69, 9.17) is 5.73 Å². The molecule has 1 aromatic heterocycles. The van der Waals surface area contributed by atoms with Crippen LogP contribution in [0.3, 0.4) is 0 Å². The van der Waals surface area contributed by atoms with E-state index in [-0.39, 0.29) is 11.7 Å². The van der Waals surface area contributed by atoms with Crippen LogP contribution in [0.15, 0.2) is 8.68 Å². The van der Waals surface area contributed by atoms with Gasteiger partial charge in [0.1, 0.15) is 0 Å². The van der Waals surface area contributed by atoms with Gasteiger partial charge in [-0.05, 0) is 32.4 Å².